The van der Waals surface area contributed by atoms with Crippen LogP contribution < -0.4 is 10.1 Å². The van der Waals surface area contributed by atoms with Gasteiger partial charge in [0.2, 0.25) is 5.76 Å². The molecule has 0 spiro atoms. The van der Waals surface area contributed by atoms with Gasteiger partial charge in [-0.05, 0) is 30.3 Å². The van der Waals surface area contributed by atoms with Gasteiger partial charge in [0.1, 0.15) is 18.1 Å². The van der Waals surface area contributed by atoms with Crippen LogP contribution in [0.4, 0.5) is 5.69 Å². The first-order valence-electron chi connectivity index (χ1n) is 11.1. The Morgan fingerprint density at radius 3 is 2.22 bits per heavy atom. The van der Waals surface area contributed by atoms with E-state index in [2.05, 4.69) is 5.32 Å². The molecule has 0 saturated heterocycles. The molecule has 0 aliphatic heterocycles. The van der Waals surface area contributed by atoms with E-state index in [1.807, 2.05) is 18.2 Å². The number of carbonyl (C=O) groups is 4. The summed E-state index contributed by atoms with van der Waals surface area (Å²) in [6, 6.07) is 23.3. The van der Waals surface area contributed by atoms with Crippen LogP contribution in [0.3, 0.4) is 0 Å². The first-order chi connectivity index (χ1) is 17.5. The highest BCUT2D eigenvalue weighted by atomic mass is 16.6. The van der Waals surface area contributed by atoms with E-state index in [9.17, 15) is 19.2 Å². The Morgan fingerprint density at radius 2 is 1.44 bits per heavy atom. The highest BCUT2D eigenvalue weighted by Crippen LogP contribution is 2.31. The van der Waals surface area contributed by atoms with E-state index in [0.717, 1.165) is 0 Å². The number of carbonyl (C=O) groups excluding carboxylic acids is 4. The molecule has 0 fully saturated rings. The Bertz CT molecular complexity index is 1490. The smallest absolute Gasteiger partial charge is 0.374 e. The largest absolute Gasteiger partial charge is 0.486 e. The zero-order valence-electron chi connectivity index (χ0n) is 18.9. The van der Waals surface area contributed by atoms with Crippen molar-refractivity contribution < 1.29 is 33.1 Å². The van der Waals surface area contributed by atoms with Gasteiger partial charge in [-0.25, -0.2) is 4.79 Å². The quantitative estimate of drug-likeness (QED) is 0.342. The van der Waals surface area contributed by atoms with Crippen molar-refractivity contribution in [3.63, 3.8) is 0 Å². The van der Waals surface area contributed by atoms with Crippen LogP contribution in [-0.4, -0.2) is 30.0 Å². The highest BCUT2D eigenvalue weighted by Gasteiger charge is 2.31. The summed E-state index contributed by atoms with van der Waals surface area (Å²) in [5.74, 6) is -1.18. The first kappa shape index (κ1) is 22.8. The molecule has 5 rings (SSSR count). The number of rotatable bonds is 7. The van der Waals surface area contributed by atoms with Crippen molar-refractivity contribution in [1.29, 1.82) is 0 Å². The molecular formula is C28H19NO7. The van der Waals surface area contributed by atoms with Crippen molar-refractivity contribution in [2.45, 2.75) is 6.61 Å². The number of esters is 1. The molecule has 1 aliphatic rings. The average molecular weight is 481 g/mol. The van der Waals surface area contributed by atoms with E-state index in [1.165, 1.54) is 18.2 Å². The normalized spacial score (nSPS) is 11.9. The van der Waals surface area contributed by atoms with Crippen LogP contribution in [0.5, 0.6) is 5.75 Å². The maximum Gasteiger partial charge on any atom is 0.374 e. The van der Waals surface area contributed by atoms with Crippen molar-refractivity contribution in [2.75, 3.05) is 11.9 Å². The standard InChI is InChI=1S/C28H19NO7/c30-24(16-35-28(33)23-14-13-18(36-23)15-34-17-7-2-1-3-8-17)29-22-12-6-11-21-25(22)27(32)20-10-5-4-9-19(20)26(21)31/h1-14H,15-16H2,(H,29,30). The van der Waals surface area contributed by atoms with Gasteiger partial charge in [0.25, 0.3) is 5.91 Å². The number of para-hydroxylation sites is 1. The number of amides is 1. The van der Waals surface area contributed by atoms with Gasteiger partial charge in [0.15, 0.2) is 18.2 Å². The minimum Gasteiger partial charge on any atom is -0.486 e. The Morgan fingerprint density at radius 1 is 0.750 bits per heavy atom. The minimum absolute atomic E-state index is 0.0797. The molecule has 36 heavy (non-hydrogen) atoms. The monoisotopic (exact) mass is 481 g/mol. The van der Waals surface area contributed by atoms with Crippen LogP contribution in [0.25, 0.3) is 0 Å². The van der Waals surface area contributed by atoms with E-state index in [1.54, 1.807) is 48.5 Å². The molecule has 1 heterocycles. The summed E-state index contributed by atoms with van der Waals surface area (Å²) in [4.78, 5) is 50.7. The molecule has 0 saturated carbocycles. The van der Waals surface area contributed by atoms with Gasteiger partial charge in [0.05, 0.1) is 11.3 Å². The van der Waals surface area contributed by atoms with Crippen molar-refractivity contribution >= 4 is 29.1 Å². The first-order valence-corrected chi connectivity index (χ1v) is 11.1. The fraction of sp³-hybridized carbons (Fsp3) is 0.0714. The molecule has 0 unspecified atom stereocenters. The van der Waals surface area contributed by atoms with Gasteiger partial charge in [-0.3, -0.25) is 14.4 Å². The lowest BCUT2D eigenvalue weighted by atomic mass is 9.83. The molecule has 1 amide bonds. The van der Waals surface area contributed by atoms with Gasteiger partial charge >= 0.3 is 5.97 Å². The van der Waals surface area contributed by atoms with Crippen LogP contribution >= 0.6 is 0 Å². The van der Waals surface area contributed by atoms with Crippen LogP contribution in [0.1, 0.15) is 48.2 Å². The second kappa shape index (κ2) is 9.71. The van der Waals surface area contributed by atoms with Crippen molar-refractivity contribution in [1.82, 2.24) is 0 Å². The molecule has 4 aromatic rings. The summed E-state index contributed by atoms with van der Waals surface area (Å²) < 4.78 is 16.1. The van der Waals surface area contributed by atoms with E-state index < -0.39 is 18.5 Å². The maximum absolute atomic E-state index is 13.0. The van der Waals surface area contributed by atoms with Gasteiger partial charge in [0, 0.05) is 16.7 Å². The molecule has 3 aromatic carbocycles. The van der Waals surface area contributed by atoms with Crippen LogP contribution in [0.15, 0.2) is 89.3 Å². The molecule has 178 valence electrons. The maximum atomic E-state index is 13.0. The number of nitrogens with one attached hydrogen (secondary N) is 1. The lowest BCUT2D eigenvalue weighted by molar-refractivity contribution is -0.119. The SMILES string of the molecule is O=C(COC(=O)c1ccc(COc2ccccc2)o1)Nc1cccc2c1C(=O)c1ccccc1C2=O. The number of hydrogen-bond donors (Lipinski definition) is 1. The second-order valence-corrected chi connectivity index (χ2v) is 7.92. The summed E-state index contributed by atoms with van der Waals surface area (Å²) in [6.45, 7) is -0.495. The Kier molecular flexibility index (Phi) is 6.15. The number of ketones is 2. The minimum atomic E-state index is -0.827. The average Bonchev–Trinajstić information content (AvgIpc) is 3.39. The van der Waals surface area contributed by atoms with E-state index in [0.29, 0.717) is 17.1 Å². The molecule has 0 radical (unpaired) electrons. The Hall–Kier alpha value is -4.98. The third kappa shape index (κ3) is 4.52. The van der Waals surface area contributed by atoms with Crippen LogP contribution in [-0.2, 0) is 16.1 Å². The second-order valence-electron chi connectivity index (χ2n) is 7.92. The fourth-order valence-corrected chi connectivity index (χ4v) is 3.87. The van der Waals surface area contributed by atoms with Crippen molar-refractivity contribution in [3.05, 3.63) is 119 Å². The van der Waals surface area contributed by atoms with Crippen LogP contribution in [0.2, 0.25) is 0 Å². The van der Waals surface area contributed by atoms with Gasteiger partial charge < -0.3 is 19.2 Å². The molecular weight excluding hydrogens is 462 g/mol. The summed E-state index contributed by atoms with van der Waals surface area (Å²) in [6.07, 6.45) is 0. The van der Waals surface area contributed by atoms with E-state index in [4.69, 9.17) is 13.9 Å². The molecule has 0 bridgehead atoms. The Labute approximate surface area is 205 Å². The zero-order valence-corrected chi connectivity index (χ0v) is 18.9. The lowest BCUT2D eigenvalue weighted by Crippen LogP contribution is -2.26. The van der Waals surface area contributed by atoms with E-state index >= 15 is 0 Å². The van der Waals surface area contributed by atoms with Crippen molar-refractivity contribution in [3.8, 4) is 5.75 Å². The summed E-state index contributed by atoms with van der Waals surface area (Å²) in [7, 11) is 0. The summed E-state index contributed by atoms with van der Waals surface area (Å²) >= 11 is 0. The molecule has 0 atom stereocenters. The summed E-state index contributed by atoms with van der Waals surface area (Å²) in [5.41, 5.74) is 1.07. The molecule has 8 heteroatoms. The number of hydrogen-bond acceptors (Lipinski definition) is 7. The summed E-state index contributed by atoms with van der Waals surface area (Å²) in [5, 5.41) is 2.56. The topological polar surface area (TPSA) is 112 Å². The van der Waals surface area contributed by atoms with Gasteiger partial charge in [-0.15, -0.1) is 0 Å². The number of furan rings is 1. The van der Waals surface area contributed by atoms with Gasteiger partial charge in [-0.1, -0.05) is 54.6 Å². The van der Waals surface area contributed by atoms with Crippen molar-refractivity contribution in [2.24, 2.45) is 0 Å². The fourth-order valence-electron chi connectivity index (χ4n) is 3.87. The molecule has 1 aromatic heterocycles. The zero-order chi connectivity index (χ0) is 25.1. The van der Waals surface area contributed by atoms with Gasteiger partial charge in [-0.2, -0.15) is 0 Å². The molecule has 1 N–H and O–H groups in total. The molecule has 8 nitrogen and oxygen atoms in total. The lowest BCUT2D eigenvalue weighted by Gasteiger charge is -2.20. The number of benzene rings is 3. The third-order valence-corrected chi connectivity index (χ3v) is 5.55. The Balaban J connectivity index is 1.21. The van der Waals surface area contributed by atoms with E-state index in [-0.39, 0.29) is 46.3 Å². The third-order valence-electron chi connectivity index (χ3n) is 5.55. The highest BCUT2D eigenvalue weighted by molar-refractivity contribution is 6.30. The number of fused-ring (bicyclic) bond motifs is 2. The predicted molar refractivity (Wildman–Crippen MR) is 128 cm³/mol. The predicted octanol–water partition coefficient (Wildman–Crippen LogP) is 4.43. The number of anilines is 1. The van der Waals surface area contributed by atoms with Crippen LogP contribution in [0, 0.1) is 0 Å². The number of ether oxygens (including phenoxy) is 2. The molecule has 1 aliphatic carbocycles.